The van der Waals surface area contributed by atoms with Gasteiger partial charge in [-0.2, -0.15) is 0 Å². The maximum atomic E-state index is 12.1. The standard InChI is InChI=1S/C15H16N2O4/c1-9(17-13(19)7-8-14(17)20)15(21)16-12-5-3-11(4-6-12)10(2)18/h3-6,9H,7-8H2,1-2H3,(H,16,21)/t9-/m1/s1. The van der Waals surface area contributed by atoms with Crippen molar-refractivity contribution < 1.29 is 19.2 Å². The molecule has 1 heterocycles. The first-order valence-corrected chi connectivity index (χ1v) is 6.67. The third kappa shape index (κ3) is 3.16. The lowest BCUT2D eigenvalue weighted by Gasteiger charge is -2.21. The summed E-state index contributed by atoms with van der Waals surface area (Å²) in [5.41, 5.74) is 1.06. The Balaban J connectivity index is 2.05. The van der Waals surface area contributed by atoms with Gasteiger partial charge < -0.3 is 5.32 Å². The summed E-state index contributed by atoms with van der Waals surface area (Å²) in [6.45, 7) is 2.97. The molecule has 1 aromatic rings. The average Bonchev–Trinajstić information content (AvgIpc) is 2.78. The number of nitrogens with zero attached hydrogens (tertiary/aromatic N) is 1. The van der Waals surface area contributed by atoms with Crippen LogP contribution in [0.1, 0.15) is 37.0 Å². The molecular formula is C15H16N2O4. The van der Waals surface area contributed by atoms with Crippen LogP contribution in [0.2, 0.25) is 0 Å². The van der Waals surface area contributed by atoms with Crippen molar-refractivity contribution in [2.24, 2.45) is 0 Å². The summed E-state index contributed by atoms with van der Waals surface area (Å²) < 4.78 is 0. The first kappa shape index (κ1) is 14.9. The van der Waals surface area contributed by atoms with Gasteiger partial charge in [0.05, 0.1) is 0 Å². The highest BCUT2D eigenvalue weighted by atomic mass is 16.2. The number of nitrogens with one attached hydrogen (secondary N) is 1. The second-order valence-corrected chi connectivity index (χ2v) is 4.96. The predicted molar refractivity (Wildman–Crippen MR) is 75.6 cm³/mol. The monoisotopic (exact) mass is 288 g/mol. The van der Waals surface area contributed by atoms with Crippen molar-refractivity contribution in [2.45, 2.75) is 32.7 Å². The maximum Gasteiger partial charge on any atom is 0.247 e. The minimum atomic E-state index is -0.847. The molecule has 1 saturated heterocycles. The molecule has 6 heteroatoms. The van der Waals surface area contributed by atoms with Crippen LogP contribution in [0.3, 0.4) is 0 Å². The number of anilines is 1. The number of hydrogen-bond donors (Lipinski definition) is 1. The molecule has 1 atom stereocenters. The summed E-state index contributed by atoms with van der Waals surface area (Å²) in [7, 11) is 0. The van der Waals surface area contributed by atoms with Crippen LogP contribution in [-0.2, 0) is 14.4 Å². The molecule has 0 bridgehead atoms. The number of likely N-dealkylation sites (tertiary alicyclic amines) is 1. The van der Waals surface area contributed by atoms with Crippen molar-refractivity contribution in [3.05, 3.63) is 29.8 Å². The molecular weight excluding hydrogens is 272 g/mol. The van der Waals surface area contributed by atoms with Crippen LogP contribution in [0.25, 0.3) is 0 Å². The highest BCUT2D eigenvalue weighted by molar-refractivity contribution is 6.07. The number of carbonyl (C=O) groups excluding carboxylic acids is 4. The SMILES string of the molecule is CC(=O)c1ccc(NC(=O)[C@@H](C)N2C(=O)CCC2=O)cc1. The number of carbonyl (C=O) groups is 4. The van der Waals surface area contributed by atoms with E-state index in [0.29, 0.717) is 11.3 Å². The molecule has 0 unspecified atom stereocenters. The molecule has 3 amide bonds. The molecule has 1 fully saturated rings. The van der Waals surface area contributed by atoms with Crippen LogP contribution in [0.15, 0.2) is 24.3 Å². The molecule has 0 radical (unpaired) electrons. The predicted octanol–water partition coefficient (Wildman–Crippen LogP) is 1.37. The van der Waals surface area contributed by atoms with E-state index in [1.807, 2.05) is 0 Å². The Morgan fingerprint density at radius 3 is 2.10 bits per heavy atom. The summed E-state index contributed by atoms with van der Waals surface area (Å²) in [6, 6.07) is 5.58. The van der Waals surface area contributed by atoms with Crippen LogP contribution in [0.4, 0.5) is 5.69 Å². The molecule has 110 valence electrons. The van der Waals surface area contributed by atoms with E-state index in [4.69, 9.17) is 0 Å². The average molecular weight is 288 g/mol. The highest BCUT2D eigenvalue weighted by Crippen LogP contribution is 2.17. The fourth-order valence-electron chi connectivity index (χ4n) is 2.18. The number of Topliss-reactive ketones (excluding diaryl/α,β-unsaturated/α-hetero) is 1. The second-order valence-electron chi connectivity index (χ2n) is 4.96. The molecule has 1 N–H and O–H groups in total. The Hall–Kier alpha value is -2.50. The lowest BCUT2D eigenvalue weighted by Crippen LogP contribution is -2.44. The third-order valence-electron chi connectivity index (χ3n) is 3.42. The van der Waals surface area contributed by atoms with Crippen LogP contribution >= 0.6 is 0 Å². The fourth-order valence-corrected chi connectivity index (χ4v) is 2.18. The highest BCUT2D eigenvalue weighted by Gasteiger charge is 2.36. The number of rotatable bonds is 4. The van der Waals surface area contributed by atoms with Gasteiger partial charge >= 0.3 is 0 Å². The van der Waals surface area contributed by atoms with Crippen LogP contribution < -0.4 is 5.32 Å². The van der Waals surface area contributed by atoms with E-state index in [-0.39, 0.29) is 30.4 Å². The smallest absolute Gasteiger partial charge is 0.247 e. The van der Waals surface area contributed by atoms with Crippen LogP contribution in [0.5, 0.6) is 0 Å². The van der Waals surface area contributed by atoms with Gasteiger partial charge in [0.25, 0.3) is 0 Å². The zero-order valence-electron chi connectivity index (χ0n) is 11.9. The zero-order valence-corrected chi connectivity index (χ0v) is 11.9. The lowest BCUT2D eigenvalue weighted by molar-refractivity contribution is -0.144. The van der Waals surface area contributed by atoms with Gasteiger partial charge in [0.15, 0.2) is 5.78 Å². The molecule has 0 spiro atoms. The van der Waals surface area contributed by atoms with Gasteiger partial charge in [0.1, 0.15) is 6.04 Å². The number of amides is 3. The zero-order chi connectivity index (χ0) is 15.6. The number of hydrogen-bond acceptors (Lipinski definition) is 4. The number of benzene rings is 1. The number of imide groups is 1. The molecule has 21 heavy (non-hydrogen) atoms. The number of ketones is 1. The van der Waals surface area contributed by atoms with Crippen molar-refractivity contribution in [1.82, 2.24) is 4.90 Å². The van der Waals surface area contributed by atoms with Gasteiger partial charge in [-0.15, -0.1) is 0 Å². The minimum Gasteiger partial charge on any atom is -0.324 e. The molecule has 0 aromatic heterocycles. The van der Waals surface area contributed by atoms with Crippen LogP contribution in [-0.4, -0.2) is 34.4 Å². The van der Waals surface area contributed by atoms with E-state index in [0.717, 1.165) is 4.90 Å². The van der Waals surface area contributed by atoms with E-state index in [1.165, 1.54) is 13.8 Å². The Morgan fingerprint density at radius 1 is 1.10 bits per heavy atom. The van der Waals surface area contributed by atoms with E-state index < -0.39 is 11.9 Å². The Morgan fingerprint density at radius 2 is 1.62 bits per heavy atom. The Kier molecular flexibility index (Phi) is 4.16. The van der Waals surface area contributed by atoms with Crippen molar-refractivity contribution in [3.63, 3.8) is 0 Å². The maximum absolute atomic E-state index is 12.1. The summed E-state index contributed by atoms with van der Waals surface area (Å²) >= 11 is 0. The van der Waals surface area contributed by atoms with Gasteiger partial charge in [-0.3, -0.25) is 24.1 Å². The topological polar surface area (TPSA) is 83.6 Å². The molecule has 1 aliphatic heterocycles. The van der Waals surface area contributed by atoms with Crippen molar-refractivity contribution in [1.29, 1.82) is 0 Å². The molecule has 1 aromatic carbocycles. The summed E-state index contributed by atoms with van der Waals surface area (Å²) in [5.74, 6) is -1.15. The van der Waals surface area contributed by atoms with Crippen molar-refractivity contribution in [3.8, 4) is 0 Å². The van der Waals surface area contributed by atoms with Crippen molar-refractivity contribution in [2.75, 3.05) is 5.32 Å². The Labute approximate surface area is 122 Å². The quantitative estimate of drug-likeness (QED) is 0.670. The van der Waals surface area contributed by atoms with Gasteiger partial charge in [0.2, 0.25) is 17.7 Å². The Bertz CT molecular complexity index is 591. The minimum absolute atomic E-state index is 0.0606. The first-order chi connectivity index (χ1) is 9.90. The van der Waals surface area contributed by atoms with E-state index >= 15 is 0 Å². The third-order valence-corrected chi connectivity index (χ3v) is 3.42. The summed E-state index contributed by atoms with van der Waals surface area (Å²) in [5, 5.41) is 2.63. The van der Waals surface area contributed by atoms with E-state index in [9.17, 15) is 19.2 Å². The second kappa shape index (κ2) is 5.87. The van der Waals surface area contributed by atoms with E-state index in [1.54, 1.807) is 24.3 Å². The van der Waals surface area contributed by atoms with Gasteiger partial charge in [0, 0.05) is 24.1 Å². The van der Waals surface area contributed by atoms with Gasteiger partial charge in [-0.1, -0.05) is 0 Å². The molecule has 2 rings (SSSR count). The molecule has 6 nitrogen and oxygen atoms in total. The largest absolute Gasteiger partial charge is 0.324 e. The molecule has 1 aliphatic rings. The summed E-state index contributed by atoms with van der Waals surface area (Å²) in [4.78, 5) is 47.4. The van der Waals surface area contributed by atoms with Crippen LogP contribution in [0, 0.1) is 0 Å². The van der Waals surface area contributed by atoms with Gasteiger partial charge in [-0.25, -0.2) is 0 Å². The van der Waals surface area contributed by atoms with Gasteiger partial charge in [-0.05, 0) is 38.1 Å². The van der Waals surface area contributed by atoms with E-state index in [2.05, 4.69) is 5.32 Å². The molecule has 0 aliphatic carbocycles. The molecule has 0 saturated carbocycles. The fraction of sp³-hybridized carbons (Fsp3) is 0.333. The summed E-state index contributed by atoms with van der Waals surface area (Å²) in [6.07, 6.45) is 0.313. The van der Waals surface area contributed by atoms with Crippen molar-refractivity contribution >= 4 is 29.2 Å². The normalized spacial score (nSPS) is 16.0. The first-order valence-electron chi connectivity index (χ1n) is 6.67. The lowest BCUT2D eigenvalue weighted by atomic mass is 10.1.